The van der Waals surface area contributed by atoms with Crippen LogP contribution in [0.4, 0.5) is 0 Å². The molecule has 0 fully saturated rings. The topological polar surface area (TPSA) is 75.0 Å². The predicted molar refractivity (Wildman–Crippen MR) is 115 cm³/mol. The van der Waals surface area contributed by atoms with Gasteiger partial charge in [-0.25, -0.2) is 9.59 Å². The van der Waals surface area contributed by atoms with Gasteiger partial charge in [0.25, 0.3) is 0 Å². The van der Waals surface area contributed by atoms with Gasteiger partial charge < -0.3 is 18.6 Å². The van der Waals surface area contributed by atoms with Crippen molar-refractivity contribution in [2.45, 2.75) is 6.92 Å². The maximum absolute atomic E-state index is 12.3. The van der Waals surface area contributed by atoms with E-state index in [1.807, 2.05) is 31.2 Å². The molecular formula is C23H18O6S. The lowest BCUT2D eigenvalue weighted by Gasteiger charge is -2.09. The Labute approximate surface area is 176 Å². The molecule has 0 radical (unpaired) electrons. The Morgan fingerprint density at radius 3 is 2.37 bits per heavy atom. The van der Waals surface area contributed by atoms with Gasteiger partial charge in [0.2, 0.25) is 0 Å². The summed E-state index contributed by atoms with van der Waals surface area (Å²) in [5, 5.41) is 0. The van der Waals surface area contributed by atoms with E-state index in [9.17, 15) is 9.59 Å². The number of methoxy groups -OCH3 is 1. The molecule has 0 aliphatic heterocycles. The molecular weight excluding hydrogens is 404 g/mol. The fraction of sp³-hybridized carbons (Fsp3) is 0.130. The second-order valence-corrected chi connectivity index (χ2v) is 7.53. The van der Waals surface area contributed by atoms with Crippen LogP contribution in [0.3, 0.4) is 0 Å². The van der Waals surface area contributed by atoms with Crippen molar-refractivity contribution in [2.75, 3.05) is 13.7 Å². The summed E-state index contributed by atoms with van der Waals surface area (Å²) in [7, 11) is 1.59. The standard InChI is InChI=1S/C23H18O6S/c1-14-3-7-17(8-4-14)27-13-21(24)28-18-11-19(15-5-9-16(26-2)10-6-15)22-20(12-18)30-23(25)29-22/h3-12H,13H2,1-2H3. The molecule has 152 valence electrons. The molecule has 6 nitrogen and oxygen atoms in total. The van der Waals surface area contributed by atoms with Crippen LogP contribution in [0.15, 0.2) is 69.9 Å². The Hall–Kier alpha value is -3.58. The Morgan fingerprint density at radius 2 is 1.67 bits per heavy atom. The summed E-state index contributed by atoms with van der Waals surface area (Å²) in [5.74, 6) is 1.05. The summed E-state index contributed by atoms with van der Waals surface area (Å²) in [4.78, 5) is 23.6. The van der Waals surface area contributed by atoms with Crippen LogP contribution in [0.1, 0.15) is 5.56 Å². The molecule has 4 aromatic rings. The third kappa shape index (κ3) is 4.36. The van der Waals surface area contributed by atoms with Gasteiger partial charge >= 0.3 is 10.9 Å². The highest BCUT2D eigenvalue weighted by atomic mass is 32.1. The van der Waals surface area contributed by atoms with Gasteiger partial charge in [-0.2, -0.15) is 0 Å². The number of benzene rings is 3. The zero-order valence-electron chi connectivity index (χ0n) is 16.3. The molecule has 3 aromatic carbocycles. The Bertz CT molecular complexity index is 1240. The van der Waals surface area contributed by atoms with E-state index >= 15 is 0 Å². The smallest absolute Gasteiger partial charge is 0.396 e. The van der Waals surface area contributed by atoms with E-state index in [0.717, 1.165) is 22.5 Å². The second-order valence-electron chi connectivity index (χ2n) is 6.56. The van der Waals surface area contributed by atoms with Crippen LogP contribution in [0, 0.1) is 6.92 Å². The van der Waals surface area contributed by atoms with Crippen molar-refractivity contribution >= 4 is 27.6 Å². The molecule has 0 saturated heterocycles. The molecule has 30 heavy (non-hydrogen) atoms. The summed E-state index contributed by atoms with van der Waals surface area (Å²) < 4.78 is 22.1. The van der Waals surface area contributed by atoms with E-state index in [0.29, 0.717) is 33.1 Å². The number of aryl methyl sites for hydroxylation is 1. The summed E-state index contributed by atoms with van der Waals surface area (Å²) in [5.41, 5.74) is 3.00. The second kappa shape index (κ2) is 8.42. The summed E-state index contributed by atoms with van der Waals surface area (Å²) >= 11 is 0.952. The molecule has 0 amide bonds. The van der Waals surface area contributed by atoms with Gasteiger partial charge in [-0.3, -0.25) is 0 Å². The van der Waals surface area contributed by atoms with Gasteiger partial charge in [-0.1, -0.05) is 41.2 Å². The van der Waals surface area contributed by atoms with Crippen LogP contribution in [0.2, 0.25) is 0 Å². The minimum atomic E-state index is -0.550. The van der Waals surface area contributed by atoms with E-state index < -0.39 is 10.9 Å². The average Bonchev–Trinajstić information content (AvgIpc) is 3.13. The third-order valence-electron chi connectivity index (χ3n) is 4.42. The molecule has 4 rings (SSSR count). The molecule has 0 unspecified atom stereocenters. The number of carbonyl (C=O) groups is 1. The van der Waals surface area contributed by atoms with Gasteiger partial charge in [0.15, 0.2) is 12.2 Å². The lowest BCUT2D eigenvalue weighted by molar-refractivity contribution is -0.136. The summed E-state index contributed by atoms with van der Waals surface area (Å²) in [6, 6.07) is 18.0. The highest BCUT2D eigenvalue weighted by Crippen LogP contribution is 2.35. The van der Waals surface area contributed by atoms with Gasteiger partial charge in [0.05, 0.1) is 11.8 Å². The zero-order valence-corrected chi connectivity index (χ0v) is 17.2. The van der Waals surface area contributed by atoms with Gasteiger partial charge in [0.1, 0.15) is 17.2 Å². The Morgan fingerprint density at radius 1 is 0.967 bits per heavy atom. The maximum atomic E-state index is 12.3. The van der Waals surface area contributed by atoms with Gasteiger partial charge in [0, 0.05) is 11.6 Å². The molecule has 0 saturated carbocycles. The summed E-state index contributed by atoms with van der Waals surface area (Å²) in [6.45, 7) is 1.74. The lowest BCUT2D eigenvalue weighted by atomic mass is 10.0. The normalized spacial score (nSPS) is 10.7. The van der Waals surface area contributed by atoms with Crippen molar-refractivity contribution in [3.8, 4) is 28.4 Å². The molecule has 0 N–H and O–H groups in total. The highest BCUT2D eigenvalue weighted by molar-refractivity contribution is 7.16. The molecule has 0 atom stereocenters. The van der Waals surface area contributed by atoms with Crippen molar-refractivity contribution in [3.63, 3.8) is 0 Å². The van der Waals surface area contributed by atoms with Crippen LogP contribution in [0.5, 0.6) is 17.2 Å². The largest absolute Gasteiger partial charge is 0.497 e. The predicted octanol–water partition coefficient (Wildman–Crippen LogP) is 4.82. The van der Waals surface area contributed by atoms with Crippen LogP contribution in [0.25, 0.3) is 21.4 Å². The van der Waals surface area contributed by atoms with Crippen molar-refractivity contribution < 1.29 is 23.4 Å². The number of fused-ring (bicyclic) bond motifs is 1. The molecule has 0 aliphatic carbocycles. The molecule has 7 heteroatoms. The summed E-state index contributed by atoms with van der Waals surface area (Å²) in [6.07, 6.45) is 0. The highest BCUT2D eigenvalue weighted by Gasteiger charge is 2.15. The number of esters is 1. The third-order valence-corrected chi connectivity index (χ3v) is 5.19. The van der Waals surface area contributed by atoms with Crippen molar-refractivity contribution in [1.29, 1.82) is 0 Å². The fourth-order valence-corrected chi connectivity index (χ4v) is 3.66. The first-order chi connectivity index (χ1) is 14.5. The number of carbonyl (C=O) groups excluding carboxylic acids is 1. The monoisotopic (exact) mass is 422 g/mol. The van der Waals surface area contributed by atoms with Crippen molar-refractivity contribution in [2.24, 2.45) is 0 Å². The Balaban J connectivity index is 1.58. The first kappa shape index (κ1) is 19.7. The van der Waals surface area contributed by atoms with E-state index in [1.54, 1.807) is 43.5 Å². The first-order valence-electron chi connectivity index (χ1n) is 9.14. The van der Waals surface area contributed by atoms with Gasteiger partial charge in [-0.15, -0.1) is 0 Å². The van der Waals surface area contributed by atoms with E-state index in [1.165, 1.54) is 0 Å². The maximum Gasteiger partial charge on any atom is 0.396 e. The van der Waals surface area contributed by atoms with Crippen molar-refractivity contribution in [1.82, 2.24) is 0 Å². The number of hydrogen-bond acceptors (Lipinski definition) is 7. The van der Waals surface area contributed by atoms with Gasteiger partial charge in [-0.05, 0) is 42.8 Å². The van der Waals surface area contributed by atoms with E-state index in [4.69, 9.17) is 18.6 Å². The number of hydrogen-bond donors (Lipinski definition) is 0. The lowest BCUT2D eigenvalue weighted by Crippen LogP contribution is -2.17. The first-order valence-corrected chi connectivity index (χ1v) is 9.96. The van der Waals surface area contributed by atoms with Crippen LogP contribution < -0.4 is 19.1 Å². The van der Waals surface area contributed by atoms with Crippen LogP contribution >= 0.6 is 11.3 Å². The molecule has 0 bridgehead atoms. The average molecular weight is 422 g/mol. The number of ether oxygens (including phenoxy) is 3. The fourth-order valence-electron chi connectivity index (χ4n) is 2.93. The minimum Gasteiger partial charge on any atom is -0.497 e. The van der Waals surface area contributed by atoms with Crippen LogP contribution in [-0.2, 0) is 4.79 Å². The van der Waals surface area contributed by atoms with E-state index in [-0.39, 0.29) is 6.61 Å². The minimum absolute atomic E-state index is 0.236. The molecule has 1 aromatic heterocycles. The quantitative estimate of drug-likeness (QED) is 0.327. The van der Waals surface area contributed by atoms with Crippen LogP contribution in [-0.4, -0.2) is 19.7 Å². The van der Waals surface area contributed by atoms with E-state index in [2.05, 4.69) is 0 Å². The number of rotatable bonds is 6. The Kier molecular flexibility index (Phi) is 5.54. The molecule has 0 aliphatic rings. The zero-order chi connectivity index (χ0) is 21.1. The molecule has 0 spiro atoms. The molecule has 1 heterocycles. The SMILES string of the molecule is COc1ccc(-c2cc(OC(=O)COc3ccc(C)cc3)cc3sc(=O)oc23)cc1. The van der Waals surface area contributed by atoms with Crippen molar-refractivity contribution in [3.05, 3.63) is 76.0 Å².